The summed E-state index contributed by atoms with van der Waals surface area (Å²) in [7, 11) is -3.56. The van der Waals surface area contributed by atoms with E-state index >= 15 is 0 Å². The Balaban J connectivity index is 1.46. The number of hydrogen-bond donors (Lipinski definition) is 0. The molecule has 1 aliphatic heterocycles. The molecule has 1 aliphatic carbocycles. The van der Waals surface area contributed by atoms with E-state index in [0.29, 0.717) is 44.0 Å². The largest absolute Gasteiger partial charge is 0.376 e. The summed E-state index contributed by atoms with van der Waals surface area (Å²) in [5.74, 6) is 0.270. The van der Waals surface area contributed by atoms with E-state index in [9.17, 15) is 13.2 Å². The molecule has 1 heterocycles. The van der Waals surface area contributed by atoms with E-state index < -0.39 is 10.0 Å². The summed E-state index contributed by atoms with van der Waals surface area (Å²) in [4.78, 5) is 12.9. The first-order valence-electron chi connectivity index (χ1n) is 10.4. The van der Waals surface area contributed by atoms with Crippen molar-refractivity contribution < 1.29 is 17.9 Å². The molecule has 6 heteroatoms. The summed E-state index contributed by atoms with van der Waals surface area (Å²) in [6.45, 7) is 3.66. The number of Topliss-reactive ketones (excluding diaryl/α,β-unsaturated/α-hetero) is 1. The van der Waals surface area contributed by atoms with Crippen LogP contribution in [0.25, 0.3) is 0 Å². The Morgan fingerprint density at radius 3 is 2.53 bits per heavy atom. The molecule has 5 nitrogen and oxygen atoms in total. The Kier molecular flexibility index (Phi) is 6.18. The minimum Gasteiger partial charge on any atom is -0.376 e. The summed E-state index contributed by atoms with van der Waals surface area (Å²) < 4.78 is 33.5. The quantitative estimate of drug-likeness (QED) is 0.632. The highest BCUT2D eigenvalue weighted by atomic mass is 32.2. The predicted molar refractivity (Wildman–Crippen MR) is 115 cm³/mol. The Bertz CT molecular complexity index is 1040. The first-order chi connectivity index (χ1) is 14.4. The fraction of sp³-hybridized carbons (Fsp3) is 0.375. The number of carbonyl (C=O) groups is 1. The molecule has 2 aromatic rings. The molecule has 0 spiro atoms. The van der Waals surface area contributed by atoms with Gasteiger partial charge in [0.1, 0.15) is 0 Å². The van der Waals surface area contributed by atoms with Crippen molar-refractivity contribution >= 4 is 15.8 Å². The maximum absolute atomic E-state index is 13.1. The molecule has 4 rings (SSSR count). The molecule has 2 aliphatic rings. The maximum Gasteiger partial charge on any atom is 0.243 e. The van der Waals surface area contributed by atoms with Gasteiger partial charge in [-0.3, -0.25) is 4.79 Å². The molecule has 2 aromatic carbocycles. The number of carbonyl (C=O) groups excluding carboxylic acids is 1. The predicted octanol–water partition coefficient (Wildman–Crippen LogP) is 3.88. The molecule has 1 saturated heterocycles. The van der Waals surface area contributed by atoms with Crippen LogP contribution in [-0.4, -0.2) is 38.2 Å². The first kappa shape index (κ1) is 21.0. The van der Waals surface area contributed by atoms with Gasteiger partial charge in [0.2, 0.25) is 10.0 Å². The van der Waals surface area contributed by atoms with Gasteiger partial charge in [0.05, 0.1) is 18.1 Å². The van der Waals surface area contributed by atoms with Crippen LogP contribution in [0.5, 0.6) is 0 Å². The molecule has 1 fully saturated rings. The van der Waals surface area contributed by atoms with Gasteiger partial charge in [0.15, 0.2) is 5.78 Å². The standard InChI is InChI=1S/C24H27NO4S/c1-18-7-10-21(11-8-18)30(27,28)25-15-20-9-12-24(26)22(23(20)16-25)13-14-29-17-19-5-3-2-4-6-19/h2-8,10-11,20H,9,12-17H2,1H3/t20-/m0/s1. The second-order valence-electron chi connectivity index (χ2n) is 8.06. The van der Waals surface area contributed by atoms with E-state index in [2.05, 4.69) is 0 Å². The molecular weight excluding hydrogens is 398 g/mol. The number of fused-ring (bicyclic) bond motifs is 1. The van der Waals surface area contributed by atoms with Gasteiger partial charge in [-0.25, -0.2) is 8.42 Å². The van der Waals surface area contributed by atoms with Crippen molar-refractivity contribution in [2.24, 2.45) is 5.92 Å². The van der Waals surface area contributed by atoms with Crippen molar-refractivity contribution in [2.75, 3.05) is 19.7 Å². The van der Waals surface area contributed by atoms with Crippen LogP contribution in [0.1, 0.15) is 30.4 Å². The van der Waals surface area contributed by atoms with Crippen LogP contribution >= 0.6 is 0 Å². The number of rotatable bonds is 7. The van der Waals surface area contributed by atoms with Crippen LogP contribution in [0.4, 0.5) is 0 Å². The maximum atomic E-state index is 13.1. The fourth-order valence-corrected chi connectivity index (χ4v) is 5.73. The van der Waals surface area contributed by atoms with E-state index in [1.165, 1.54) is 4.31 Å². The number of sulfonamides is 1. The van der Waals surface area contributed by atoms with Gasteiger partial charge < -0.3 is 4.74 Å². The SMILES string of the molecule is Cc1ccc(S(=O)(=O)N2CC3=C(CCOCc4ccccc4)C(=O)CC[C@H]3C2)cc1. The third kappa shape index (κ3) is 4.41. The summed E-state index contributed by atoms with van der Waals surface area (Å²) in [5, 5.41) is 0. The lowest BCUT2D eigenvalue weighted by Crippen LogP contribution is -2.28. The molecule has 30 heavy (non-hydrogen) atoms. The smallest absolute Gasteiger partial charge is 0.243 e. The van der Waals surface area contributed by atoms with Crippen LogP contribution in [0, 0.1) is 12.8 Å². The molecule has 0 unspecified atom stereocenters. The molecule has 1 atom stereocenters. The highest BCUT2D eigenvalue weighted by molar-refractivity contribution is 7.89. The summed E-state index contributed by atoms with van der Waals surface area (Å²) in [6.07, 6.45) is 1.75. The number of aryl methyl sites for hydroxylation is 1. The van der Waals surface area contributed by atoms with Crippen molar-refractivity contribution in [1.82, 2.24) is 4.31 Å². The highest BCUT2D eigenvalue weighted by Gasteiger charge is 2.40. The van der Waals surface area contributed by atoms with Gasteiger partial charge in [-0.2, -0.15) is 4.31 Å². The van der Waals surface area contributed by atoms with Crippen LogP contribution in [0.3, 0.4) is 0 Å². The molecule has 0 aromatic heterocycles. The molecule has 0 amide bonds. The van der Waals surface area contributed by atoms with Crippen molar-refractivity contribution in [3.05, 3.63) is 76.9 Å². The van der Waals surface area contributed by atoms with Gasteiger partial charge in [-0.15, -0.1) is 0 Å². The van der Waals surface area contributed by atoms with E-state index in [0.717, 1.165) is 28.7 Å². The van der Waals surface area contributed by atoms with Crippen molar-refractivity contribution in [1.29, 1.82) is 0 Å². The summed E-state index contributed by atoms with van der Waals surface area (Å²) >= 11 is 0. The molecule has 0 saturated carbocycles. The summed E-state index contributed by atoms with van der Waals surface area (Å²) in [6, 6.07) is 16.9. The molecule has 158 valence electrons. The van der Waals surface area contributed by atoms with Gasteiger partial charge in [-0.1, -0.05) is 48.0 Å². The van der Waals surface area contributed by atoms with Crippen LogP contribution in [0.15, 0.2) is 70.6 Å². The molecule has 0 bridgehead atoms. The second kappa shape index (κ2) is 8.84. The minimum absolute atomic E-state index is 0.132. The zero-order valence-electron chi connectivity index (χ0n) is 17.2. The minimum atomic E-state index is -3.56. The highest BCUT2D eigenvalue weighted by Crippen LogP contribution is 2.38. The summed E-state index contributed by atoms with van der Waals surface area (Å²) in [5.41, 5.74) is 3.89. The Labute approximate surface area is 178 Å². The second-order valence-corrected chi connectivity index (χ2v) is 10.00. The van der Waals surface area contributed by atoms with Crippen molar-refractivity contribution in [3.8, 4) is 0 Å². The topological polar surface area (TPSA) is 63.7 Å². The zero-order valence-corrected chi connectivity index (χ0v) is 18.0. The Hall–Kier alpha value is -2.28. The van der Waals surface area contributed by atoms with Gasteiger partial charge >= 0.3 is 0 Å². The normalized spacial score (nSPS) is 19.9. The zero-order chi connectivity index (χ0) is 21.1. The van der Waals surface area contributed by atoms with Gasteiger partial charge in [-0.05, 0) is 54.5 Å². The number of nitrogens with zero attached hydrogens (tertiary/aromatic N) is 1. The number of ketones is 1. The van der Waals surface area contributed by atoms with Crippen LogP contribution in [-0.2, 0) is 26.2 Å². The monoisotopic (exact) mass is 425 g/mol. The molecular formula is C24H27NO4S. The lowest BCUT2D eigenvalue weighted by molar-refractivity contribution is -0.116. The lowest BCUT2D eigenvalue weighted by atomic mass is 9.83. The fourth-order valence-electron chi connectivity index (χ4n) is 4.26. The van der Waals surface area contributed by atoms with E-state index in [-0.39, 0.29) is 11.7 Å². The van der Waals surface area contributed by atoms with Crippen LogP contribution < -0.4 is 0 Å². The van der Waals surface area contributed by atoms with Crippen molar-refractivity contribution in [3.63, 3.8) is 0 Å². The number of ether oxygens (including phenoxy) is 1. The van der Waals surface area contributed by atoms with Crippen LogP contribution in [0.2, 0.25) is 0 Å². The van der Waals surface area contributed by atoms with E-state index in [1.807, 2.05) is 49.4 Å². The third-order valence-electron chi connectivity index (χ3n) is 5.97. The number of benzene rings is 2. The Morgan fingerprint density at radius 1 is 1.07 bits per heavy atom. The van der Waals surface area contributed by atoms with E-state index in [1.54, 1.807) is 12.1 Å². The lowest BCUT2D eigenvalue weighted by Gasteiger charge is -2.21. The van der Waals surface area contributed by atoms with Crippen molar-refractivity contribution in [2.45, 2.75) is 37.7 Å². The van der Waals surface area contributed by atoms with Gasteiger partial charge in [0.25, 0.3) is 0 Å². The third-order valence-corrected chi connectivity index (χ3v) is 7.80. The molecule has 0 N–H and O–H groups in total. The average Bonchev–Trinajstić information content (AvgIpc) is 3.19. The number of hydrogen-bond acceptors (Lipinski definition) is 4. The van der Waals surface area contributed by atoms with Gasteiger partial charge in [0, 0.05) is 19.5 Å². The average molecular weight is 426 g/mol. The first-order valence-corrected chi connectivity index (χ1v) is 11.8. The van der Waals surface area contributed by atoms with E-state index in [4.69, 9.17) is 4.74 Å². The Morgan fingerprint density at radius 2 is 1.80 bits per heavy atom. The molecule has 0 radical (unpaired) electrons.